The molecule has 1 aliphatic heterocycles. The van der Waals surface area contributed by atoms with E-state index in [0.717, 1.165) is 18.8 Å². The number of piperidine rings is 1. The molecule has 2 rings (SSSR count). The van der Waals surface area contributed by atoms with Crippen LogP contribution in [0.3, 0.4) is 0 Å². The number of hydrogen-bond donors (Lipinski definition) is 1. The molecule has 2 N–H and O–H groups in total. The van der Waals surface area contributed by atoms with Gasteiger partial charge in [-0.1, -0.05) is 18.5 Å². The van der Waals surface area contributed by atoms with Crippen LogP contribution in [0.5, 0.6) is 0 Å². The minimum Gasteiger partial charge on any atom is -0.339 e. The summed E-state index contributed by atoms with van der Waals surface area (Å²) >= 11 is 0. The van der Waals surface area contributed by atoms with Crippen LogP contribution in [0.15, 0.2) is 4.52 Å². The highest BCUT2D eigenvalue weighted by Gasteiger charge is 2.23. The van der Waals surface area contributed by atoms with E-state index in [1.54, 1.807) is 0 Å². The molecular weight excluding hydrogens is 228 g/mol. The van der Waals surface area contributed by atoms with Crippen molar-refractivity contribution in [1.82, 2.24) is 15.0 Å². The van der Waals surface area contributed by atoms with Crippen molar-refractivity contribution >= 4 is 0 Å². The van der Waals surface area contributed by atoms with Crippen molar-refractivity contribution in [3.05, 3.63) is 11.7 Å². The van der Waals surface area contributed by atoms with Gasteiger partial charge >= 0.3 is 0 Å². The number of likely N-dealkylation sites (tertiary alicyclic amines) is 1. The largest absolute Gasteiger partial charge is 0.339 e. The Balaban J connectivity index is 1.93. The lowest BCUT2D eigenvalue weighted by Gasteiger charge is -2.34. The van der Waals surface area contributed by atoms with Crippen molar-refractivity contribution in [3.63, 3.8) is 0 Å². The second-order valence-electron chi connectivity index (χ2n) is 5.27. The Morgan fingerprint density at radius 1 is 1.50 bits per heavy atom. The van der Waals surface area contributed by atoms with Crippen molar-refractivity contribution in [2.45, 2.75) is 58.0 Å². The Morgan fingerprint density at radius 3 is 3.06 bits per heavy atom. The number of hydrogen-bond acceptors (Lipinski definition) is 5. The van der Waals surface area contributed by atoms with Crippen molar-refractivity contribution in [2.75, 3.05) is 13.1 Å². The van der Waals surface area contributed by atoms with Crippen LogP contribution in [-0.2, 0) is 12.8 Å². The first kappa shape index (κ1) is 13.5. The lowest BCUT2D eigenvalue weighted by atomic mass is 9.99. The Morgan fingerprint density at radius 2 is 2.33 bits per heavy atom. The van der Waals surface area contributed by atoms with Gasteiger partial charge in [-0.2, -0.15) is 4.98 Å². The van der Waals surface area contributed by atoms with Gasteiger partial charge in [-0.05, 0) is 32.9 Å². The molecule has 1 fully saturated rings. The number of likely N-dealkylation sites (N-methyl/N-ethyl adjacent to an activating group) is 1. The van der Waals surface area contributed by atoms with Gasteiger partial charge in [0.25, 0.3) is 0 Å². The van der Waals surface area contributed by atoms with E-state index >= 15 is 0 Å². The third-order valence-corrected chi connectivity index (χ3v) is 3.58. The lowest BCUT2D eigenvalue weighted by molar-refractivity contribution is 0.153. The fraction of sp³-hybridized carbons (Fsp3) is 0.846. The third-order valence-electron chi connectivity index (χ3n) is 3.58. The molecule has 1 aliphatic rings. The minimum absolute atomic E-state index is 0.0696. The minimum atomic E-state index is 0.0696. The molecule has 2 atom stereocenters. The molecule has 1 aromatic heterocycles. The Kier molecular flexibility index (Phi) is 4.72. The fourth-order valence-electron chi connectivity index (χ4n) is 2.65. The zero-order chi connectivity index (χ0) is 13.0. The number of nitrogens with zero attached hydrogens (tertiary/aromatic N) is 3. The van der Waals surface area contributed by atoms with Crippen LogP contribution in [0.2, 0.25) is 0 Å². The molecule has 2 heterocycles. The molecular formula is C13H24N4O. The smallest absolute Gasteiger partial charge is 0.228 e. The number of aromatic nitrogens is 2. The second-order valence-corrected chi connectivity index (χ2v) is 5.27. The molecule has 0 saturated carbocycles. The average Bonchev–Trinajstić information content (AvgIpc) is 2.76. The van der Waals surface area contributed by atoms with Crippen molar-refractivity contribution in [1.29, 1.82) is 0 Å². The highest BCUT2D eigenvalue weighted by molar-refractivity contribution is 4.93. The monoisotopic (exact) mass is 252 g/mol. The topological polar surface area (TPSA) is 68.2 Å². The van der Waals surface area contributed by atoms with Crippen LogP contribution >= 0.6 is 0 Å². The van der Waals surface area contributed by atoms with E-state index in [0.29, 0.717) is 18.4 Å². The molecule has 0 radical (unpaired) electrons. The van der Waals surface area contributed by atoms with Gasteiger partial charge in [-0.3, -0.25) is 0 Å². The predicted molar refractivity (Wildman–Crippen MR) is 70.2 cm³/mol. The van der Waals surface area contributed by atoms with Crippen LogP contribution in [-0.4, -0.2) is 40.2 Å². The summed E-state index contributed by atoms with van der Waals surface area (Å²) in [6, 6.07) is 0.643. The quantitative estimate of drug-likeness (QED) is 0.857. The first-order valence-corrected chi connectivity index (χ1v) is 7.00. The Bertz CT molecular complexity index is 364. The molecule has 18 heavy (non-hydrogen) atoms. The SMILES string of the molecule is CCN1CCCCC1Cc1noc(CC(C)N)n1. The standard InChI is InChI=1S/C13H24N4O/c1-3-17-7-5-4-6-11(17)9-12-15-13(18-16-12)8-10(2)14/h10-11H,3-9,14H2,1-2H3. The Hall–Kier alpha value is -0.940. The van der Waals surface area contributed by atoms with Gasteiger partial charge in [0.1, 0.15) is 0 Å². The summed E-state index contributed by atoms with van der Waals surface area (Å²) in [5, 5.41) is 4.06. The molecule has 5 heteroatoms. The molecule has 2 unspecified atom stereocenters. The van der Waals surface area contributed by atoms with E-state index in [1.165, 1.54) is 25.8 Å². The molecule has 0 amide bonds. The van der Waals surface area contributed by atoms with Gasteiger partial charge in [-0.15, -0.1) is 0 Å². The molecule has 0 bridgehead atoms. The van der Waals surface area contributed by atoms with Crippen LogP contribution in [0.4, 0.5) is 0 Å². The zero-order valence-electron chi connectivity index (χ0n) is 11.4. The molecule has 0 aliphatic carbocycles. The molecule has 1 aromatic rings. The summed E-state index contributed by atoms with van der Waals surface area (Å²) in [6.07, 6.45) is 5.43. The first-order chi connectivity index (χ1) is 8.69. The van der Waals surface area contributed by atoms with Crippen molar-refractivity contribution < 1.29 is 4.52 Å². The predicted octanol–water partition coefficient (Wildman–Crippen LogP) is 1.38. The van der Waals surface area contributed by atoms with E-state index in [9.17, 15) is 0 Å². The summed E-state index contributed by atoms with van der Waals surface area (Å²) < 4.78 is 5.23. The maximum Gasteiger partial charge on any atom is 0.228 e. The highest BCUT2D eigenvalue weighted by Crippen LogP contribution is 2.19. The van der Waals surface area contributed by atoms with Crippen LogP contribution in [0, 0.1) is 0 Å². The summed E-state index contributed by atoms with van der Waals surface area (Å²) in [6.45, 7) is 6.47. The van der Waals surface area contributed by atoms with E-state index in [-0.39, 0.29) is 6.04 Å². The van der Waals surface area contributed by atoms with Crippen LogP contribution < -0.4 is 5.73 Å². The van der Waals surface area contributed by atoms with Gasteiger partial charge in [0.2, 0.25) is 5.89 Å². The maximum absolute atomic E-state index is 5.73. The van der Waals surface area contributed by atoms with E-state index in [2.05, 4.69) is 22.0 Å². The summed E-state index contributed by atoms with van der Waals surface area (Å²) in [5.74, 6) is 1.50. The van der Waals surface area contributed by atoms with E-state index in [1.807, 2.05) is 6.92 Å². The lowest BCUT2D eigenvalue weighted by Crippen LogP contribution is -2.40. The van der Waals surface area contributed by atoms with Gasteiger partial charge in [0.05, 0.1) is 0 Å². The van der Waals surface area contributed by atoms with E-state index in [4.69, 9.17) is 10.3 Å². The van der Waals surface area contributed by atoms with Gasteiger partial charge < -0.3 is 15.2 Å². The third kappa shape index (κ3) is 3.53. The van der Waals surface area contributed by atoms with Crippen LogP contribution in [0.25, 0.3) is 0 Å². The summed E-state index contributed by atoms with van der Waals surface area (Å²) in [5.41, 5.74) is 5.73. The van der Waals surface area contributed by atoms with Crippen molar-refractivity contribution in [2.24, 2.45) is 5.73 Å². The molecule has 102 valence electrons. The average molecular weight is 252 g/mol. The number of nitrogens with two attached hydrogens (primary N) is 1. The van der Waals surface area contributed by atoms with Crippen LogP contribution in [0.1, 0.15) is 44.8 Å². The maximum atomic E-state index is 5.73. The highest BCUT2D eigenvalue weighted by atomic mass is 16.5. The van der Waals surface area contributed by atoms with E-state index < -0.39 is 0 Å². The zero-order valence-corrected chi connectivity index (χ0v) is 11.4. The number of rotatable bonds is 5. The van der Waals surface area contributed by atoms with Gasteiger partial charge in [0, 0.05) is 24.9 Å². The van der Waals surface area contributed by atoms with Gasteiger partial charge in [0.15, 0.2) is 5.82 Å². The van der Waals surface area contributed by atoms with Gasteiger partial charge in [-0.25, -0.2) is 0 Å². The first-order valence-electron chi connectivity index (χ1n) is 7.00. The Labute approximate surface area is 109 Å². The molecule has 0 aromatic carbocycles. The summed E-state index contributed by atoms with van der Waals surface area (Å²) in [4.78, 5) is 6.95. The normalized spacial score (nSPS) is 23.2. The fourth-order valence-corrected chi connectivity index (χ4v) is 2.65. The summed E-state index contributed by atoms with van der Waals surface area (Å²) in [7, 11) is 0. The molecule has 5 nitrogen and oxygen atoms in total. The molecule has 0 spiro atoms. The second kappa shape index (κ2) is 6.29. The van der Waals surface area contributed by atoms with Crippen molar-refractivity contribution in [3.8, 4) is 0 Å². The molecule has 1 saturated heterocycles.